The highest BCUT2D eigenvalue weighted by Crippen LogP contribution is 2.67. The van der Waals surface area contributed by atoms with Gasteiger partial charge in [-0.3, -0.25) is 9.59 Å². The molecule has 0 bridgehead atoms. The third kappa shape index (κ3) is 7.62. The van der Waals surface area contributed by atoms with Crippen LogP contribution in [0.15, 0.2) is 11.6 Å². The monoisotopic (exact) mass is 587 g/mol. The van der Waals surface area contributed by atoms with Gasteiger partial charge in [-0.05, 0) is 105 Å². The molecule has 0 amide bonds. The topological polar surface area (TPSA) is 76.1 Å². The molecule has 240 valence electrons. The van der Waals surface area contributed by atoms with Gasteiger partial charge in [0.2, 0.25) is 0 Å². The molecule has 42 heavy (non-hydrogen) atoms. The minimum atomic E-state index is -0.730. The second kappa shape index (κ2) is 14.1. The molecule has 0 radical (unpaired) electrons. The van der Waals surface area contributed by atoms with Gasteiger partial charge in [0.25, 0.3) is 0 Å². The summed E-state index contributed by atoms with van der Waals surface area (Å²) in [6.07, 6.45) is 15.4. The molecular weight excluding hydrogens is 526 g/mol. The van der Waals surface area contributed by atoms with Gasteiger partial charge in [0, 0.05) is 13.0 Å². The molecule has 9 atom stereocenters. The lowest BCUT2D eigenvalue weighted by atomic mass is 9.47. The Balaban J connectivity index is 1.28. The van der Waals surface area contributed by atoms with Crippen molar-refractivity contribution in [3.05, 3.63) is 11.6 Å². The van der Waals surface area contributed by atoms with Crippen molar-refractivity contribution in [3.8, 4) is 0 Å². The van der Waals surface area contributed by atoms with Crippen molar-refractivity contribution >= 4 is 11.9 Å². The molecule has 3 saturated carbocycles. The van der Waals surface area contributed by atoms with Gasteiger partial charge in [0.15, 0.2) is 0 Å². The Hall–Kier alpha value is -1.40. The largest absolute Gasteiger partial charge is 0.463 e. The first-order chi connectivity index (χ1) is 19.8. The predicted molar refractivity (Wildman–Crippen MR) is 168 cm³/mol. The van der Waals surface area contributed by atoms with Crippen molar-refractivity contribution in [2.75, 3.05) is 27.2 Å². The summed E-state index contributed by atoms with van der Waals surface area (Å²) < 4.78 is 11.0. The number of ether oxygens (including phenoxy) is 2. The number of carbonyl (C=O) groups is 2. The molecule has 0 spiro atoms. The predicted octanol–water partition coefficient (Wildman–Crippen LogP) is 7.19. The molecule has 6 nitrogen and oxygen atoms in total. The van der Waals surface area contributed by atoms with E-state index in [0.717, 1.165) is 54.8 Å². The van der Waals surface area contributed by atoms with Crippen molar-refractivity contribution in [1.29, 1.82) is 0 Å². The molecule has 3 fully saturated rings. The molecule has 4 rings (SSSR count). The number of allylic oxidation sites excluding steroid dienone is 1. The van der Waals surface area contributed by atoms with E-state index >= 15 is 0 Å². The number of hydrogen-bond acceptors (Lipinski definition) is 6. The molecule has 0 aromatic heterocycles. The number of likely N-dealkylation sites (N-methyl/N-ethyl adjacent to an activating group) is 1. The smallest absolute Gasteiger partial charge is 0.306 e. The summed E-state index contributed by atoms with van der Waals surface area (Å²) in [7, 11) is 3.70. The zero-order valence-electron chi connectivity index (χ0n) is 27.8. The van der Waals surface area contributed by atoms with Crippen LogP contribution in [0.3, 0.4) is 0 Å². The Labute approximate surface area is 256 Å². The number of esters is 2. The van der Waals surface area contributed by atoms with Crippen LogP contribution in [0.5, 0.6) is 0 Å². The SMILES string of the molecule is CC(C)CCCC(C)C1CCC2C3CC=C4CC(OC(=O)CCC(=O)OCC(O)CN(C)C)CCC4(C)C3CCC12C. The van der Waals surface area contributed by atoms with Gasteiger partial charge in [0.05, 0.1) is 12.8 Å². The molecule has 9 unspecified atom stereocenters. The highest BCUT2D eigenvalue weighted by atomic mass is 16.5. The minimum Gasteiger partial charge on any atom is -0.463 e. The van der Waals surface area contributed by atoms with Crippen LogP contribution in [0, 0.1) is 46.3 Å². The van der Waals surface area contributed by atoms with Gasteiger partial charge < -0.3 is 19.5 Å². The lowest BCUT2D eigenvalue weighted by molar-refractivity contribution is -0.156. The Morgan fingerprint density at radius 3 is 2.45 bits per heavy atom. The molecule has 0 saturated heterocycles. The molecule has 0 aromatic rings. The van der Waals surface area contributed by atoms with Crippen LogP contribution in [0.4, 0.5) is 0 Å². The summed E-state index contributed by atoms with van der Waals surface area (Å²) in [6.45, 7) is 12.8. The third-order valence-electron chi connectivity index (χ3n) is 12.1. The number of aliphatic hydroxyl groups excluding tert-OH is 1. The van der Waals surface area contributed by atoms with Crippen LogP contribution in [-0.2, 0) is 19.1 Å². The van der Waals surface area contributed by atoms with Crippen LogP contribution in [0.2, 0.25) is 0 Å². The second-order valence-electron chi connectivity index (χ2n) is 15.7. The maximum absolute atomic E-state index is 12.6. The average molecular weight is 588 g/mol. The van der Waals surface area contributed by atoms with E-state index in [2.05, 4.69) is 40.7 Å². The first-order valence-electron chi connectivity index (χ1n) is 17.2. The molecule has 4 aliphatic rings. The molecule has 0 heterocycles. The summed E-state index contributed by atoms with van der Waals surface area (Å²) in [5.41, 5.74) is 2.24. The standard InChI is InChI=1S/C36H61NO5/c1-24(2)9-8-10-25(3)30-13-14-31-29-12-11-26-21-28(17-19-35(26,4)32(29)18-20-36(30,31)5)42-34(40)16-15-33(39)41-23-27(38)22-37(6)7/h11,24-25,27-32,38H,8-10,12-23H2,1-7H3. The van der Waals surface area contributed by atoms with Gasteiger partial charge in [-0.15, -0.1) is 0 Å². The number of carbonyl (C=O) groups excluding carboxylic acids is 2. The zero-order valence-corrected chi connectivity index (χ0v) is 27.8. The summed E-state index contributed by atoms with van der Waals surface area (Å²) in [6, 6.07) is 0. The number of hydrogen-bond donors (Lipinski definition) is 1. The van der Waals surface area contributed by atoms with Gasteiger partial charge in [-0.25, -0.2) is 0 Å². The Morgan fingerprint density at radius 1 is 1.00 bits per heavy atom. The lowest BCUT2D eigenvalue weighted by Crippen LogP contribution is -2.51. The van der Waals surface area contributed by atoms with E-state index in [1.54, 1.807) is 0 Å². The Morgan fingerprint density at radius 2 is 1.74 bits per heavy atom. The molecule has 4 aliphatic carbocycles. The fourth-order valence-corrected chi connectivity index (χ4v) is 9.94. The number of nitrogens with zero attached hydrogens (tertiary/aromatic N) is 1. The summed E-state index contributed by atoms with van der Waals surface area (Å²) in [4.78, 5) is 26.5. The van der Waals surface area contributed by atoms with E-state index in [1.165, 1.54) is 56.9 Å². The van der Waals surface area contributed by atoms with Crippen molar-refractivity contribution in [2.45, 2.75) is 130 Å². The summed E-state index contributed by atoms with van der Waals surface area (Å²) >= 11 is 0. The van der Waals surface area contributed by atoms with E-state index in [4.69, 9.17) is 9.47 Å². The van der Waals surface area contributed by atoms with E-state index in [-0.39, 0.29) is 36.9 Å². The first kappa shape index (κ1) is 33.5. The van der Waals surface area contributed by atoms with Gasteiger partial charge >= 0.3 is 11.9 Å². The zero-order chi connectivity index (χ0) is 30.7. The highest BCUT2D eigenvalue weighted by molar-refractivity contribution is 5.77. The average Bonchev–Trinajstić information content (AvgIpc) is 3.27. The molecular formula is C36H61NO5. The van der Waals surface area contributed by atoms with Crippen molar-refractivity contribution in [3.63, 3.8) is 0 Å². The quantitative estimate of drug-likeness (QED) is 0.182. The highest BCUT2D eigenvalue weighted by Gasteiger charge is 2.59. The Bertz CT molecular complexity index is 960. The van der Waals surface area contributed by atoms with Gasteiger partial charge in [0.1, 0.15) is 18.8 Å². The Kier molecular flexibility index (Phi) is 11.3. The van der Waals surface area contributed by atoms with Gasteiger partial charge in [-0.2, -0.15) is 0 Å². The maximum Gasteiger partial charge on any atom is 0.306 e. The van der Waals surface area contributed by atoms with Crippen LogP contribution in [-0.4, -0.2) is 61.4 Å². The molecule has 0 aliphatic heterocycles. The van der Waals surface area contributed by atoms with Crippen molar-refractivity contribution in [2.24, 2.45) is 46.3 Å². The summed E-state index contributed by atoms with van der Waals surface area (Å²) in [5, 5.41) is 9.87. The van der Waals surface area contributed by atoms with E-state index in [9.17, 15) is 14.7 Å². The number of fused-ring (bicyclic) bond motifs is 5. The first-order valence-corrected chi connectivity index (χ1v) is 17.2. The van der Waals surface area contributed by atoms with Crippen molar-refractivity contribution < 1.29 is 24.2 Å². The fourth-order valence-electron chi connectivity index (χ4n) is 9.94. The second-order valence-corrected chi connectivity index (χ2v) is 15.7. The minimum absolute atomic E-state index is 0.0120. The van der Waals surface area contributed by atoms with E-state index in [1.807, 2.05) is 19.0 Å². The third-order valence-corrected chi connectivity index (χ3v) is 12.1. The summed E-state index contributed by atoms with van der Waals surface area (Å²) in [5.74, 6) is 4.13. The van der Waals surface area contributed by atoms with Gasteiger partial charge in [-0.1, -0.05) is 65.5 Å². The van der Waals surface area contributed by atoms with Crippen LogP contribution in [0.1, 0.15) is 118 Å². The lowest BCUT2D eigenvalue weighted by Gasteiger charge is -2.58. The normalized spacial score (nSPS) is 35.6. The van der Waals surface area contributed by atoms with Crippen LogP contribution in [0.25, 0.3) is 0 Å². The van der Waals surface area contributed by atoms with Crippen LogP contribution >= 0.6 is 0 Å². The number of aliphatic hydroxyl groups is 1. The number of rotatable bonds is 13. The van der Waals surface area contributed by atoms with Crippen molar-refractivity contribution in [1.82, 2.24) is 4.90 Å². The van der Waals surface area contributed by atoms with E-state index < -0.39 is 12.1 Å². The fraction of sp³-hybridized carbons (Fsp3) is 0.889. The van der Waals surface area contributed by atoms with Crippen LogP contribution < -0.4 is 0 Å². The molecule has 0 aromatic carbocycles. The molecule has 1 N–H and O–H groups in total. The molecule has 6 heteroatoms. The maximum atomic E-state index is 12.6. The van der Waals surface area contributed by atoms with E-state index in [0.29, 0.717) is 12.0 Å².